The number of pyridine rings is 2. The first kappa shape index (κ1) is 19.0. The summed E-state index contributed by atoms with van der Waals surface area (Å²) in [7, 11) is 1.68. The summed E-state index contributed by atoms with van der Waals surface area (Å²) in [6, 6.07) is 8.54. The lowest BCUT2D eigenvalue weighted by Crippen LogP contribution is -2.46. The molecule has 2 fully saturated rings. The van der Waals surface area contributed by atoms with Crippen molar-refractivity contribution in [2.75, 3.05) is 25.1 Å². The zero-order valence-corrected chi connectivity index (χ0v) is 16.6. The second-order valence-electron chi connectivity index (χ2n) is 7.69. The molecule has 4 rings (SSSR count). The minimum Gasteiger partial charge on any atom is -0.491 e. The van der Waals surface area contributed by atoms with Crippen LogP contribution in [0.15, 0.2) is 36.7 Å². The van der Waals surface area contributed by atoms with Gasteiger partial charge < -0.3 is 19.7 Å². The maximum Gasteiger partial charge on any atom is 0.259 e. The molecule has 2 aliphatic rings. The Morgan fingerprint density at radius 2 is 2.04 bits per heavy atom. The topological polar surface area (TPSA) is 59.5 Å². The molecule has 28 heavy (non-hydrogen) atoms. The standard InChI is InChI=1S/C22H30N4O2/c1-27-20-10-11-21(25-22(20)28-19-8-2-3-9-19)26(18-7-5-13-24-15-18)16-17-6-4-12-23-14-17/h4,6,10-12,14,18-19,24H,2-3,5,7-9,13,15-16H2,1H3. The van der Waals surface area contributed by atoms with Gasteiger partial charge in [0, 0.05) is 31.5 Å². The molecule has 6 nitrogen and oxygen atoms in total. The van der Waals surface area contributed by atoms with Gasteiger partial charge in [0.05, 0.1) is 7.11 Å². The van der Waals surface area contributed by atoms with E-state index in [1.165, 1.54) is 24.8 Å². The minimum atomic E-state index is 0.250. The first-order chi connectivity index (χ1) is 13.8. The lowest BCUT2D eigenvalue weighted by Gasteiger charge is -2.36. The van der Waals surface area contributed by atoms with E-state index >= 15 is 0 Å². The van der Waals surface area contributed by atoms with Crippen molar-refractivity contribution in [2.45, 2.75) is 57.2 Å². The normalized spacial score (nSPS) is 20.1. The fourth-order valence-electron chi connectivity index (χ4n) is 4.17. The van der Waals surface area contributed by atoms with Crippen molar-refractivity contribution in [1.82, 2.24) is 15.3 Å². The van der Waals surface area contributed by atoms with Crippen molar-refractivity contribution in [2.24, 2.45) is 0 Å². The average molecular weight is 383 g/mol. The number of rotatable bonds is 7. The van der Waals surface area contributed by atoms with E-state index in [2.05, 4.69) is 21.3 Å². The molecule has 1 atom stereocenters. The predicted molar refractivity (Wildman–Crippen MR) is 110 cm³/mol. The molecule has 1 aliphatic heterocycles. The molecule has 150 valence electrons. The van der Waals surface area contributed by atoms with Crippen molar-refractivity contribution in [3.05, 3.63) is 42.2 Å². The maximum atomic E-state index is 6.23. The van der Waals surface area contributed by atoms with Gasteiger partial charge in [0.15, 0.2) is 5.75 Å². The van der Waals surface area contributed by atoms with Gasteiger partial charge in [-0.25, -0.2) is 0 Å². The molecule has 0 bridgehead atoms. The first-order valence-electron chi connectivity index (χ1n) is 10.4. The van der Waals surface area contributed by atoms with Crippen LogP contribution >= 0.6 is 0 Å². The van der Waals surface area contributed by atoms with Crippen LogP contribution in [0.3, 0.4) is 0 Å². The summed E-state index contributed by atoms with van der Waals surface area (Å²) in [5.74, 6) is 2.26. The molecule has 1 unspecified atom stereocenters. The Morgan fingerprint density at radius 1 is 1.14 bits per heavy atom. The number of hydrogen-bond donors (Lipinski definition) is 1. The van der Waals surface area contributed by atoms with Gasteiger partial charge in [0.25, 0.3) is 5.88 Å². The summed E-state index contributed by atoms with van der Waals surface area (Å²) in [6.07, 6.45) is 11.0. The molecule has 0 radical (unpaired) electrons. The van der Waals surface area contributed by atoms with E-state index in [0.717, 1.165) is 44.7 Å². The highest BCUT2D eigenvalue weighted by Gasteiger charge is 2.25. The number of hydrogen-bond acceptors (Lipinski definition) is 6. The van der Waals surface area contributed by atoms with E-state index in [1.807, 2.05) is 30.6 Å². The molecule has 1 N–H and O–H groups in total. The van der Waals surface area contributed by atoms with Gasteiger partial charge in [-0.05, 0) is 68.8 Å². The Morgan fingerprint density at radius 3 is 2.75 bits per heavy atom. The Labute approximate surface area is 167 Å². The van der Waals surface area contributed by atoms with Crippen LogP contribution in [0.1, 0.15) is 44.1 Å². The summed E-state index contributed by atoms with van der Waals surface area (Å²) < 4.78 is 11.8. The molecule has 2 aromatic rings. The maximum absolute atomic E-state index is 6.23. The lowest BCUT2D eigenvalue weighted by atomic mass is 10.0. The summed E-state index contributed by atoms with van der Waals surface area (Å²) in [6.45, 7) is 2.83. The molecular formula is C22H30N4O2. The fourth-order valence-corrected chi connectivity index (χ4v) is 4.17. The van der Waals surface area contributed by atoms with Crippen LogP contribution in [-0.4, -0.2) is 42.3 Å². The van der Waals surface area contributed by atoms with Gasteiger partial charge in [-0.15, -0.1) is 0 Å². The highest BCUT2D eigenvalue weighted by Crippen LogP contribution is 2.33. The first-order valence-corrected chi connectivity index (χ1v) is 10.4. The Hall–Kier alpha value is -2.34. The summed E-state index contributed by atoms with van der Waals surface area (Å²) in [5.41, 5.74) is 1.18. The summed E-state index contributed by atoms with van der Waals surface area (Å²) in [5, 5.41) is 3.53. The van der Waals surface area contributed by atoms with Crippen LogP contribution < -0.4 is 19.7 Å². The smallest absolute Gasteiger partial charge is 0.259 e. The molecule has 1 saturated heterocycles. The zero-order valence-electron chi connectivity index (χ0n) is 16.6. The van der Waals surface area contributed by atoms with Crippen molar-refractivity contribution < 1.29 is 9.47 Å². The van der Waals surface area contributed by atoms with E-state index in [9.17, 15) is 0 Å². The third-order valence-corrected chi connectivity index (χ3v) is 5.69. The average Bonchev–Trinajstić information content (AvgIpc) is 3.26. The number of anilines is 1. The van der Waals surface area contributed by atoms with E-state index in [1.54, 1.807) is 7.11 Å². The second-order valence-corrected chi connectivity index (χ2v) is 7.69. The molecule has 0 spiro atoms. The van der Waals surface area contributed by atoms with Crippen molar-refractivity contribution in [1.29, 1.82) is 0 Å². The SMILES string of the molecule is COc1ccc(N(Cc2cccnc2)C2CCCNC2)nc1OC1CCCC1. The molecule has 0 aromatic carbocycles. The highest BCUT2D eigenvalue weighted by molar-refractivity contribution is 5.48. The number of aromatic nitrogens is 2. The van der Waals surface area contributed by atoms with Gasteiger partial charge in [-0.2, -0.15) is 4.98 Å². The van der Waals surface area contributed by atoms with Gasteiger partial charge in [0.2, 0.25) is 0 Å². The van der Waals surface area contributed by atoms with Crippen LogP contribution in [0.4, 0.5) is 5.82 Å². The Kier molecular flexibility index (Phi) is 6.27. The van der Waals surface area contributed by atoms with E-state index in [-0.39, 0.29) is 6.10 Å². The number of piperidine rings is 1. The van der Waals surface area contributed by atoms with Crippen LogP contribution in [0.2, 0.25) is 0 Å². The van der Waals surface area contributed by atoms with Gasteiger partial charge in [-0.3, -0.25) is 4.98 Å². The largest absolute Gasteiger partial charge is 0.491 e. The van der Waals surface area contributed by atoms with Crippen LogP contribution in [-0.2, 0) is 6.54 Å². The van der Waals surface area contributed by atoms with E-state index in [0.29, 0.717) is 17.7 Å². The Balaban J connectivity index is 1.62. The van der Waals surface area contributed by atoms with Gasteiger partial charge in [0.1, 0.15) is 11.9 Å². The van der Waals surface area contributed by atoms with E-state index in [4.69, 9.17) is 14.5 Å². The molecule has 3 heterocycles. The monoisotopic (exact) mass is 382 g/mol. The fraction of sp³-hybridized carbons (Fsp3) is 0.545. The van der Waals surface area contributed by atoms with Gasteiger partial charge in [-0.1, -0.05) is 6.07 Å². The van der Waals surface area contributed by atoms with Crippen molar-refractivity contribution in [3.63, 3.8) is 0 Å². The van der Waals surface area contributed by atoms with E-state index < -0.39 is 0 Å². The van der Waals surface area contributed by atoms with Crippen LogP contribution in [0.25, 0.3) is 0 Å². The quantitative estimate of drug-likeness (QED) is 0.790. The molecule has 6 heteroatoms. The number of methoxy groups -OCH3 is 1. The van der Waals surface area contributed by atoms with Crippen LogP contribution in [0.5, 0.6) is 11.6 Å². The zero-order chi connectivity index (χ0) is 19.2. The predicted octanol–water partition coefficient (Wildman–Crippen LogP) is 3.57. The molecule has 1 aliphatic carbocycles. The van der Waals surface area contributed by atoms with Crippen molar-refractivity contribution in [3.8, 4) is 11.6 Å². The summed E-state index contributed by atoms with van der Waals surface area (Å²) >= 11 is 0. The minimum absolute atomic E-state index is 0.250. The number of ether oxygens (including phenoxy) is 2. The van der Waals surface area contributed by atoms with Crippen molar-refractivity contribution >= 4 is 5.82 Å². The molecular weight excluding hydrogens is 352 g/mol. The lowest BCUT2D eigenvalue weighted by molar-refractivity contribution is 0.192. The molecule has 2 aromatic heterocycles. The third kappa shape index (κ3) is 4.55. The number of nitrogens with one attached hydrogen (secondary N) is 1. The second kappa shape index (κ2) is 9.24. The van der Waals surface area contributed by atoms with Crippen LogP contribution in [0, 0.1) is 0 Å². The Bertz CT molecular complexity index is 743. The molecule has 1 saturated carbocycles. The summed E-state index contributed by atoms with van der Waals surface area (Å²) in [4.78, 5) is 11.6. The van der Waals surface area contributed by atoms with Gasteiger partial charge >= 0.3 is 0 Å². The molecule has 0 amide bonds. The number of nitrogens with zero attached hydrogens (tertiary/aromatic N) is 3. The highest BCUT2D eigenvalue weighted by atomic mass is 16.5. The third-order valence-electron chi connectivity index (χ3n) is 5.69.